The zero-order valence-electron chi connectivity index (χ0n) is 12.9. The second-order valence-corrected chi connectivity index (χ2v) is 6.10. The highest BCUT2D eigenvalue weighted by Gasteiger charge is 2.13. The quantitative estimate of drug-likeness (QED) is 0.237. The fourth-order valence-electron chi connectivity index (χ4n) is 3.15. The van der Waals surface area contributed by atoms with Crippen molar-refractivity contribution in [3.05, 3.63) is 34.9 Å². The third kappa shape index (κ3) is 4.74. The number of aryl methyl sites for hydroxylation is 1. The van der Waals surface area contributed by atoms with Crippen molar-refractivity contribution in [2.24, 2.45) is 16.8 Å². The van der Waals surface area contributed by atoms with Crippen molar-refractivity contribution >= 4 is 5.84 Å². The molecule has 0 aromatic heterocycles. The average Bonchev–Trinajstić information content (AvgIpc) is 3.00. The van der Waals surface area contributed by atoms with E-state index in [1.54, 1.807) is 0 Å². The Morgan fingerprint density at radius 1 is 1.38 bits per heavy atom. The summed E-state index contributed by atoms with van der Waals surface area (Å²) in [5, 5.41) is 15.2. The van der Waals surface area contributed by atoms with Crippen LogP contribution in [0, 0.1) is 12.8 Å². The smallest absolute Gasteiger partial charge is 0.170 e. The molecular weight excluding hydrogens is 262 g/mol. The number of hydrogen-bond donors (Lipinski definition) is 3. The Balaban J connectivity index is 1.72. The van der Waals surface area contributed by atoms with Gasteiger partial charge in [-0.1, -0.05) is 43.0 Å². The van der Waals surface area contributed by atoms with Crippen LogP contribution in [-0.2, 0) is 6.54 Å². The van der Waals surface area contributed by atoms with Crippen molar-refractivity contribution in [1.82, 2.24) is 5.32 Å². The van der Waals surface area contributed by atoms with Crippen LogP contribution in [0.4, 0.5) is 0 Å². The summed E-state index contributed by atoms with van der Waals surface area (Å²) in [4.78, 5) is 0. The Morgan fingerprint density at radius 2 is 2.14 bits per heavy atom. The predicted molar refractivity (Wildman–Crippen MR) is 86.6 cm³/mol. The maximum atomic E-state index is 8.69. The van der Waals surface area contributed by atoms with Gasteiger partial charge in [0.2, 0.25) is 0 Å². The van der Waals surface area contributed by atoms with Gasteiger partial charge in [-0.2, -0.15) is 0 Å². The summed E-state index contributed by atoms with van der Waals surface area (Å²) < 4.78 is 0. The van der Waals surface area contributed by atoms with Gasteiger partial charge >= 0.3 is 0 Å². The first kappa shape index (κ1) is 15.8. The number of amidine groups is 1. The summed E-state index contributed by atoms with van der Waals surface area (Å²) in [6.07, 6.45) is 8.39. The summed E-state index contributed by atoms with van der Waals surface area (Å²) in [5.41, 5.74) is 8.80. The number of hydrogen-bond acceptors (Lipinski definition) is 3. The van der Waals surface area contributed by atoms with E-state index in [1.165, 1.54) is 49.7 Å². The van der Waals surface area contributed by atoms with E-state index in [2.05, 4.69) is 17.4 Å². The molecule has 4 nitrogen and oxygen atoms in total. The molecule has 0 spiro atoms. The molecule has 0 atom stereocenters. The van der Waals surface area contributed by atoms with Gasteiger partial charge < -0.3 is 16.3 Å². The minimum Gasteiger partial charge on any atom is -0.409 e. The third-order valence-corrected chi connectivity index (χ3v) is 4.50. The van der Waals surface area contributed by atoms with Crippen LogP contribution in [0.15, 0.2) is 23.4 Å². The van der Waals surface area contributed by atoms with E-state index in [0.29, 0.717) is 0 Å². The van der Waals surface area contributed by atoms with E-state index < -0.39 is 0 Å². The Hall–Kier alpha value is -1.55. The second-order valence-electron chi connectivity index (χ2n) is 6.10. The number of oxime groups is 1. The summed E-state index contributed by atoms with van der Waals surface area (Å²) >= 11 is 0. The summed E-state index contributed by atoms with van der Waals surface area (Å²) in [6.45, 7) is 4.02. The molecule has 116 valence electrons. The van der Waals surface area contributed by atoms with E-state index in [4.69, 9.17) is 10.9 Å². The molecule has 1 aromatic carbocycles. The van der Waals surface area contributed by atoms with Gasteiger partial charge in [0, 0.05) is 12.1 Å². The molecule has 0 unspecified atom stereocenters. The SMILES string of the molecule is Cc1cc(/C(N)=N/O)ccc1CNCCCC1CCCC1. The molecule has 0 aliphatic heterocycles. The Labute approximate surface area is 127 Å². The summed E-state index contributed by atoms with van der Waals surface area (Å²) in [6, 6.07) is 5.91. The molecule has 1 saturated carbocycles. The topological polar surface area (TPSA) is 70.6 Å². The molecule has 4 N–H and O–H groups in total. The molecule has 0 bridgehead atoms. The zero-order chi connectivity index (χ0) is 15.1. The molecule has 0 saturated heterocycles. The maximum absolute atomic E-state index is 8.69. The van der Waals surface area contributed by atoms with Crippen molar-refractivity contribution in [2.45, 2.75) is 52.0 Å². The van der Waals surface area contributed by atoms with Crippen LogP contribution in [0.3, 0.4) is 0 Å². The molecule has 2 rings (SSSR count). The molecule has 21 heavy (non-hydrogen) atoms. The summed E-state index contributed by atoms with van der Waals surface area (Å²) in [7, 11) is 0. The average molecular weight is 289 g/mol. The van der Waals surface area contributed by atoms with Crippen molar-refractivity contribution in [3.8, 4) is 0 Å². The molecule has 4 heteroatoms. The largest absolute Gasteiger partial charge is 0.409 e. The Morgan fingerprint density at radius 3 is 2.81 bits per heavy atom. The molecule has 0 amide bonds. The first-order valence-electron chi connectivity index (χ1n) is 7.99. The number of nitrogens with one attached hydrogen (secondary N) is 1. The van der Waals surface area contributed by atoms with Crippen molar-refractivity contribution in [3.63, 3.8) is 0 Å². The molecular formula is C17H27N3O. The number of nitrogens with zero attached hydrogens (tertiary/aromatic N) is 1. The van der Waals surface area contributed by atoms with Crippen LogP contribution in [-0.4, -0.2) is 17.6 Å². The normalized spacial score (nSPS) is 16.5. The lowest BCUT2D eigenvalue weighted by atomic mass is 10.0. The summed E-state index contributed by atoms with van der Waals surface area (Å²) in [5.74, 6) is 1.14. The third-order valence-electron chi connectivity index (χ3n) is 4.50. The van der Waals surface area contributed by atoms with Gasteiger partial charge in [-0.15, -0.1) is 0 Å². The minimum atomic E-state index is 0.161. The number of rotatable bonds is 7. The second kappa shape index (κ2) is 8.03. The van der Waals surface area contributed by atoms with Crippen LogP contribution in [0.2, 0.25) is 0 Å². The van der Waals surface area contributed by atoms with Crippen LogP contribution in [0.1, 0.15) is 55.2 Å². The van der Waals surface area contributed by atoms with Crippen molar-refractivity contribution in [1.29, 1.82) is 0 Å². The zero-order valence-corrected chi connectivity index (χ0v) is 12.9. The fourth-order valence-corrected chi connectivity index (χ4v) is 3.15. The first-order chi connectivity index (χ1) is 10.2. The van der Waals surface area contributed by atoms with Gasteiger partial charge in [0.1, 0.15) is 0 Å². The maximum Gasteiger partial charge on any atom is 0.170 e. The van der Waals surface area contributed by atoms with E-state index in [0.717, 1.165) is 24.6 Å². The van der Waals surface area contributed by atoms with Gasteiger partial charge in [-0.25, -0.2) is 0 Å². The highest BCUT2D eigenvalue weighted by atomic mass is 16.4. The predicted octanol–water partition coefficient (Wildman–Crippen LogP) is 3.15. The molecule has 0 heterocycles. The number of benzene rings is 1. The van der Waals surface area contributed by atoms with Gasteiger partial charge in [-0.05, 0) is 49.4 Å². The van der Waals surface area contributed by atoms with E-state index in [9.17, 15) is 0 Å². The molecule has 1 fully saturated rings. The lowest BCUT2D eigenvalue weighted by molar-refractivity contribution is 0.318. The first-order valence-corrected chi connectivity index (χ1v) is 7.99. The van der Waals surface area contributed by atoms with Gasteiger partial charge in [0.25, 0.3) is 0 Å². The number of nitrogens with two attached hydrogens (primary N) is 1. The minimum absolute atomic E-state index is 0.161. The van der Waals surface area contributed by atoms with Gasteiger partial charge in [0.15, 0.2) is 5.84 Å². The van der Waals surface area contributed by atoms with Crippen LogP contribution in [0.25, 0.3) is 0 Å². The Kier molecular flexibility index (Phi) is 6.05. The van der Waals surface area contributed by atoms with E-state index >= 15 is 0 Å². The lowest BCUT2D eigenvalue weighted by Gasteiger charge is -2.11. The highest BCUT2D eigenvalue weighted by molar-refractivity contribution is 5.97. The molecule has 0 radical (unpaired) electrons. The lowest BCUT2D eigenvalue weighted by Crippen LogP contribution is -2.17. The van der Waals surface area contributed by atoms with Crippen molar-refractivity contribution in [2.75, 3.05) is 6.54 Å². The van der Waals surface area contributed by atoms with Crippen molar-refractivity contribution < 1.29 is 5.21 Å². The Bertz CT molecular complexity index is 479. The van der Waals surface area contributed by atoms with Gasteiger partial charge in [0.05, 0.1) is 0 Å². The van der Waals surface area contributed by atoms with Gasteiger partial charge in [-0.3, -0.25) is 0 Å². The van der Waals surface area contributed by atoms with Crippen LogP contribution < -0.4 is 11.1 Å². The standard InChI is InChI=1S/C17H27N3O/c1-13-11-15(17(18)20-21)8-9-16(13)12-19-10-4-7-14-5-2-3-6-14/h8-9,11,14,19,21H,2-7,10,12H2,1H3,(H2,18,20). The van der Waals surface area contributed by atoms with E-state index in [-0.39, 0.29) is 5.84 Å². The monoisotopic (exact) mass is 289 g/mol. The van der Waals surface area contributed by atoms with Crippen LogP contribution in [0.5, 0.6) is 0 Å². The van der Waals surface area contributed by atoms with Crippen LogP contribution >= 0.6 is 0 Å². The molecule has 1 aliphatic rings. The van der Waals surface area contributed by atoms with E-state index in [1.807, 2.05) is 18.2 Å². The molecule has 1 aliphatic carbocycles. The molecule has 1 aromatic rings. The highest BCUT2D eigenvalue weighted by Crippen LogP contribution is 2.28. The fraction of sp³-hybridized carbons (Fsp3) is 0.588.